The zero-order chi connectivity index (χ0) is 25.7. The molecular formula is C30H31FN2O2S. The van der Waals surface area contributed by atoms with Gasteiger partial charge in [0, 0.05) is 23.5 Å². The maximum Gasteiger partial charge on any atom is 0.254 e. The molecule has 2 amide bonds. The lowest BCUT2D eigenvalue weighted by Gasteiger charge is -2.29. The fourth-order valence-electron chi connectivity index (χ4n) is 4.21. The molecule has 36 heavy (non-hydrogen) atoms. The number of hydrogen-bond acceptors (Lipinski definition) is 3. The summed E-state index contributed by atoms with van der Waals surface area (Å²) in [5, 5.41) is 4.07. The molecule has 0 N–H and O–H groups in total. The van der Waals surface area contributed by atoms with Crippen molar-refractivity contribution in [1.29, 1.82) is 0 Å². The summed E-state index contributed by atoms with van der Waals surface area (Å²) in [5.74, 6) is -0.402. The summed E-state index contributed by atoms with van der Waals surface area (Å²) >= 11 is 1.61. The lowest BCUT2D eigenvalue weighted by atomic mass is 10.1. The van der Waals surface area contributed by atoms with Gasteiger partial charge in [0.1, 0.15) is 12.4 Å². The third kappa shape index (κ3) is 6.38. The minimum absolute atomic E-state index is 0.0184. The smallest absolute Gasteiger partial charge is 0.254 e. The number of aryl methyl sites for hydroxylation is 1. The Bertz CT molecular complexity index is 1350. The average molecular weight is 503 g/mol. The molecule has 0 saturated heterocycles. The number of carbonyl (C=O) groups excluding carboxylic acids is 2. The summed E-state index contributed by atoms with van der Waals surface area (Å²) in [7, 11) is 0. The van der Waals surface area contributed by atoms with Crippen LogP contribution in [0.1, 0.15) is 40.2 Å². The molecule has 186 valence electrons. The monoisotopic (exact) mass is 502 g/mol. The Kier molecular flexibility index (Phi) is 8.16. The van der Waals surface area contributed by atoms with Crippen LogP contribution in [0.25, 0.3) is 10.8 Å². The lowest BCUT2D eigenvalue weighted by molar-refractivity contribution is -0.133. The molecule has 3 aromatic carbocycles. The Morgan fingerprint density at radius 2 is 1.61 bits per heavy atom. The highest BCUT2D eigenvalue weighted by Gasteiger charge is 2.24. The van der Waals surface area contributed by atoms with Gasteiger partial charge in [0.15, 0.2) is 0 Å². The van der Waals surface area contributed by atoms with Crippen molar-refractivity contribution in [2.24, 2.45) is 5.92 Å². The first kappa shape index (κ1) is 25.6. The zero-order valence-corrected chi connectivity index (χ0v) is 21.7. The normalized spacial score (nSPS) is 11.1. The molecule has 0 atom stereocenters. The molecule has 1 heterocycles. The number of nitrogens with zero attached hydrogens (tertiary/aromatic N) is 2. The van der Waals surface area contributed by atoms with Crippen molar-refractivity contribution in [3.8, 4) is 0 Å². The number of rotatable bonds is 9. The fourth-order valence-corrected chi connectivity index (χ4v) is 5.13. The summed E-state index contributed by atoms with van der Waals surface area (Å²) < 4.78 is 13.5. The van der Waals surface area contributed by atoms with Crippen LogP contribution in [0.3, 0.4) is 0 Å². The highest BCUT2D eigenvalue weighted by molar-refractivity contribution is 7.10. The zero-order valence-electron chi connectivity index (χ0n) is 20.9. The SMILES string of the molecule is Cc1ccsc1CN(Cc1ccc(F)cc1)C(=O)CN(CC(C)C)C(=O)c1ccc2ccccc2c1. The van der Waals surface area contributed by atoms with E-state index in [0.29, 0.717) is 25.2 Å². The van der Waals surface area contributed by atoms with Crippen LogP contribution in [-0.2, 0) is 17.9 Å². The third-order valence-electron chi connectivity index (χ3n) is 6.14. The van der Waals surface area contributed by atoms with E-state index in [1.165, 1.54) is 12.1 Å². The second kappa shape index (κ2) is 11.5. The summed E-state index contributed by atoms with van der Waals surface area (Å²) in [6.07, 6.45) is 0. The molecule has 1 aromatic heterocycles. The van der Waals surface area contributed by atoms with Crippen molar-refractivity contribution >= 4 is 33.9 Å². The quantitative estimate of drug-likeness (QED) is 0.256. The first-order valence-corrected chi connectivity index (χ1v) is 13.0. The molecule has 0 aliphatic heterocycles. The van der Waals surface area contributed by atoms with Gasteiger partial charge in [0.2, 0.25) is 5.91 Å². The average Bonchev–Trinajstić information content (AvgIpc) is 3.27. The van der Waals surface area contributed by atoms with E-state index >= 15 is 0 Å². The lowest BCUT2D eigenvalue weighted by Crippen LogP contribution is -2.43. The number of fused-ring (bicyclic) bond motifs is 1. The Morgan fingerprint density at radius 1 is 0.889 bits per heavy atom. The van der Waals surface area contributed by atoms with Gasteiger partial charge in [0.05, 0.1) is 6.54 Å². The molecule has 0 saturated carbocycles. The molecule has 4 rings (SSSR count). The van der Waals surface area contributed by atoms with Crippen LogP contribution in [-0.4, -0.2) is 34.7 Å². The molecule has 0 aliphatic rings. The Balaban J connectivity index is 1.58. The van der Waals surface area contributed by atoms with E-state index in [9.17, 15) is 14.0 Å². The van der Waals surface area contributed by atoms with E-state index in [-0.39, 0.29) is 30.1 Å². The number of thiophene rings is 1. The molecule has 6 heteroatoms. The molecule has 0 aliphatic carbocycles. The van der Waals surface area contributed by atoms with Gasteiger partial charge in [-0.05, 0) is 70.5 Å². The Hall–Kier alpha value is -3.51. The second-order valence-corrected chi connectivity index (χ2v) is 10.5. The van der Waals surface area contributed by atoms with E-state index in [1.807, 2.05) is 74.7 Å². The molecule has 0 bridgehead atoms. The summed E-state index contributed by atoms with van der Waals surface area (Å²) in [4.78, 5) is 31.7. The molecule has 4 nitrogen and oxygen atoms in total. The Labute approximate surface area is 216 Å². The van der Waals surface area contributed by atoms with Crippen molar-refractivity contribution in [3.63, 3.8) is 0 Å². The predicted octanol–water partition coefficient (Wildman–Crippen LogP) is 6.68. The van der Waals surface area contributed by atoms with Crippen LogP contribution >= 0.6 is 11.3 Å². The highest BCUT2D eigenvalue weighted by Crippen LogP contribution is 2.21. The summed E-state index contributed by atoms with van der Waals surface area (Å²) in [6.45, 7) is 7.35. The van der Waals surface area contributed by atoms with Crippen LogP contribution in [0, 0.1) is 18.7 Å². The first-order chi connectivity index (χ1) is 17.3. The topological polar surface area (TPSA) is 40.6 Å². The van der Waals surface area contributed by atoms with Crippen LogP contribution in [0.5, 0.6) is 0 Å². The minimum Gasteiger partial charge on any atom is -0.332 e. The first-order valence-electron chi connectivity index (χ1n) is 12.1. The largest absolute Gasteiger partial charge is 0.332 e. The second-order valence-electron chi connectivity index (χ2n) is 9.54. The van der Waals surface area contributed by atoms with E-state index in [0.717, 1.165) is 26.8 Å². The van der Waals surface area contributed by atoms with Crippen molar-refractivity contribution in [2.75, 3.05) is 13.1 Å². The summed E-state index contributed by atoms with van der Waals surface area (Å²) in [6, 6.07) is 21.8. The van der Waals surface area contributed by atoms with Gasteiger partial charge in [-0.3, -0.25) is 9.59 Å². The standard InChI is InChI=1S/C30H31FN2O2S/c1-21(2)17-33(30(35)26-11-10-24-6-4-5-7-25(24)16-26)20-29(34)32(19-28-22(3)14-15-36-28)18-23-8-12-27(31)13-9-23/h4-16,21H,17-20H2,1-3H3. The van der Waals surface area contributed by atoms with Crippen LogP contribution in [0.4, 0.5) is 4.39 Å². The number of halogens is 1. The van der Waals surface area contributed by atoms with Crippen molar-refractivity contribution in [2.45, 2.75) is 33.9 Å². The van der Waals surface area contributed by atoms with Gasteiger partial charge in [0.25, 0.3) is 5.91 Å². The van der Waals surface area contributed by atoms with E-state index in [1.54, 1.807) is 33.3 Å². The molecule has 0 unspecified atom stereocenters. The summed E-state index contributed by atoms with van der Waals surface area (Å²) in [5.41, 5.74) is 2.54. The van der Waals surface area contributed by atoms with Gasteiger partial charge in [-0.15, -0.1) is 11.3 Å². The molecule has 4 aromatic rings. The fraction of sp³-hybridized carbons (Fsp3) is 0.267. The van der Waals surface area contributed by atoms with Crippen LogP contribution in [0.2, 0.25) is 0 Å². The van der Waals surface area contributed by atoms with Gasteiger partial charge in [-0.25, -0.2) is 4.39 Å². The number of carbonyl (C=O) groups is 2. The maximum atomic E-state index is 13.7. The Morgan fingerprint density at radius 3 is 2.28 bits per heavy atom. The van der Waals surface area contributed by atoms with E-state index < -0.39 is 0 Å². The molecule has 0 radical (unpaired) electrons. The third-order valence-corrected chi connectivity index (χ3v) is 7.15. The van der Waals surface area contributed by atoms with Crippen molar-refractivity contribution < 1.29 is 14.0 Å². The van der Waals surface area contributed by atoms with Gasteiger partial charge >= 0.3 is 0 Å². The van der Waals surface area contributed by atoms with Gasteiger partial charge in [-0.2, -0.15) is 0 Å². The van der Waals surface area contributed by atoms with Crippen LogP contribution < -0.4 is 0 Å². The molecule has 0 fully saturated rings. The number of benzene rings is 3. The predicted molar refractivity (Wildman–Crippen MR) is 144 cm³/mol. The van der Waals surface area contributed by atoms with Crippen molar-refractivity contribution in [3.05, 3.63) is 106 Å². The molecular weight excluding hydrogens is 471 g/mol. The van der Waals surface area contributed by atoms with Gasteiger partial charge in [-0.1, -0.05) is 56.3 Å². The van der Waals surface area contributed by atoms with E-state index in [2.05, 4.69) is 0 Å². The highest BCUT2D eigenvalue weighted by atomic mass is 32.1. The van der Waals surface area contributed by atoms with Gasteiger partial charge < -0.3 is 9.80 Å². The maximum absolute atomic E-state index is 13.7. The number of hydrogen-bond donors (Lipinski definition) is 0. The van der Waals surface area contributed by atoms with Crippen LogP contribution in [0.15, 0.2) is 78.2 Å². The number of amides is 2. The van der Waals surface area contributed by atoms with E-state index in [4.69, 9.17) is 0 Å². The van der Waals surface area contributed by atoms with Crippen molar-refractivity contribution in [1.82, 2.24) is 9.80 Å². The minimum atomic E-state index is -0.310. The molecule has 0 spiro atoms.